The Morgan fingerprint density at radius 2 is 1.57 bits per heavy atom. The smallest absolute Gasteiger partial charge is 0.341 e. The Balaban J connectivity index is 2.10. The van der Waals surface area contributed by atoms with Crippen molar-refractivity contribution < 1.29 is 24.5 Å². The number of esters is 1. The summed E-state index contributed by atoms with van der Waals surface area (Å²) in [4.78, 5) is 25.2. The van der Waals surface area contributed by atoms with Crippen LogP contribution in [0.4, 0.5) is 0 Å². The highest BCUT2D eigenvalue weighted by Gasteiger charge is 2.22. The molecule has 3 aromatic carbocycles. The van der Waals surface area contributed by atoms with E-state index >= 15 is 0 Å². The molecule has 0 aliphatic carbocycles. The second-order valence-electron chi connectivity index (χ2n) is 6.26. The maximum Gasteiger partial charge on any atom is 0.341 e. The van der Waals surface area contributed by atoms with Gasteiger partial charge < -0.3 is 14.9 Å². The number of ether oxygens (including phenoxy) is 1. The molecule has 0 aromatic heterocycles. The van der Waals surface area contributed by atoms with Crippen molar-refractivity contribution in [3.8, 4) is 11.5 Å². The number of hydrogen-bond donors (Lipinski definition) is 2. The van der Waals surface area contributed by atoms with Gasteiger partial charge in [0.05, 0.1) is 12.2 Å². The Morgan fingerprint density at radius 1 is 0.893 bits per heavy atom. The zero-order valence-corrected chi connectivity index (χ0v) is 15.4. The average molecular weight is 376 g/mol. The predicted octanol–water partition coefficient (Wildman–Crippen LogP) is 4.10. The fourth-order valence-corrected chi connectivity index (χ4v) is 2.96. The molecule has 0 unspecified atom stereocenters. The van der Waals surface area contributed by atoms with Crippen LogP contribution in [0.25, 0.3) is 0 Å². The quantitative estimate of drug-likeness (QED) is 0.500. The van der Waals surface area contributed by atoms with Crippen molar-refractivity contribution >= 4 is 11.8 Å². The highest BCUT2D eigenvalue weighted by atomic mass is 16.5. The second-order valence-corrected chi connectivity index (χ2v) is 6.26. The maximum absolute atomic E-state index is 12.9. The van der Waals surface area contributed by atoms with E-state index in [0.29, 0.717) is 12.0 Å². The van der Waals surface area contributed by atoms with E-state index in [2.05, 4.69) is 0 Å². The number of phenolic OH excluding ortho intramolecular Hbond substituents is 2. The molecule has 0 spiro atoms. The number of hydrogen-bond acceptors (Lipinski definition) is 5. The largest absolute Gasteiger partial charge is 0.507 e. The lowest BCUT2D eigenvalue weighted by molar-refractivity contribution is 0.0523. The van der Waals surface area contributed by atoms with Crippen LogP contribution in [0.15, 0.2) is 66.7 Å². The standard InChI is InChI=1S/C23H20O5/c1-2-28-23(27)19-14-17(21(25)18-10-6-7-11-20(18)24)13-16(22(19)26)12-15-8-4-3-5-9-15/h3-11,13-14,24,26H,2,12H2,1H3. The Labute approximate surface area is 162 Å². The monoisotopic (exact) mass is 376 g/mol. The van der Waals surface area contributed by atoms with E-state index in [0.717, 1.165) is 5.56 Å². The molecular weight excluding hydrogens is 356 g/mol. The summed E-state index contributed by atoms with van der Waals surface area (Å²) in [6.45, 7) is 1.81. The van der Waals surface area contributed by atoms with Crippen molar-refractivity contribution in [2.24, 2.45) is 0 Å². The summed E-state index contributed by atoms with van der Waals surface area (Å²) in [5.74, 6) is -1.52. The highest BCUT2D eigenvalue weighted by molar-refractivity contribution is 6.12. The minimum absolute atomic E-state index is 0.0750. The summed E-state index contributed by atoms with van der Waals surface area (Å²) < 4.78 is 5.02. The molecule has 0 amide bonds. The molecule has 2 N–H and O–H groups in total. The van der Waals surface area contributed by atoms with Crippen LogP contribution in [0.2, 0.25) is 0 Å². The summed E-state index contributed by atoms with van der Waals surface area (Å²) in [6, 6.07) is 18.4. The molecule has 0 bridgehead atoms. The van der Waals surface area contributed by atoms with Gasteiger partial charge in [-0.3, -0.25) is 4.79 Å². The SMILES string of the molecule is CCOC(=O)c1cc(C(=O)c2ccccc2O)cc(Cc2ccccc2)c1O. The molecule has 0 saturated carbocycles. The first-order valence-electron chi connectivity index (χ1n) is 8.91. The van der Waals surface area contributed by atoms with Gasteiger partial charge >= 0.3 is 5.97 Å². The predicted molar refractivity (Wildman–Crippen MR) is 105 cm³/mol. The second kappa shape index (κ2) is 8.39. The lowest BCUT2D eigenvalue weighted by Gasteiger charge is -2.13. The summed E-state index contributed by atoms with van der Waals surface area (Å²) in [5.41, 5.74) is 1.58. The average Bonchev–Trinajstić information content (AvgIpc) is 2.70. The molecule has 142 valence electrons. The van der Waals surface area contributed by atoms with Crippen molar-refractivity contribution in [1.82, 2.24) is 0 Å². The normalized spacial score (nSPS) is 10.5. The van der Waals surface area contributed by atoms with Crippen LogP contribution in [0.1, 0.15) is 44.3 Å². The van der Waals surface area contributed by atoms with Gasteiger partial charge in [-0.15, -0.1) is 0 Å². The Bertz CT molecular complexity index is 1010. The van der Waals surface area contributed by atoms with E-state index in [1.807, 2.05) is 30.3 Å². The van der Waals surface area contributed by atoms with Crippen LogP contribution in [0.3, 0.4) is 0 Å². The van der Waals surface area contributed by atoms with Gasteiger partial charge in [-0.05, 0) is 42.3 Å². The van der Waals surface area contributed by atoms with Crippen molar-refractivity contribution in [2.75, 3.05) is 6.61 Å². The van der Waals surface area contributed by atoms with E-state index in [1.165, 1.54) is 18.2 Å². The first-order valence-corrected chi connectivity index (χ1v) is 8.91. The van der Waals surface area contributed by atoms with Crippen molar-refractivity contribution in [2.45, 2.75) is 13.3 Å². The van der Waals surface area contributed by atoms with E-state index in [9.17, 15) is 19.8 Å². The summed E-state index contributed by atoms with van der Waals surface area (Å²) in [6.07, 6.45) is 0.334. The summed E-state index contributed by atoms with van der Waals surface area (Å²) in [7, 11) is 0. The zero-order chi connectivity index (χ0) is 20.1. The topological polar surface area (TPSA) is 83.8 Å². The maximum atomic E-state index is 12.9. The van der Waals surface area contributed by atoms with Crippen molar-refractivity contribution in [1.29, 1.82) is 0 Å². The lowest BCUT2D eigenvalue weighted by atomic mass is 9.94. The summed E-state index contributed by atoms with van der Waals surface area (Å²) >= 11 is 0. The zero-order valence-electron chi connectivity index (χ0n) is 15.4. The van der Waals surface area contributed by atoms with Gasteiger partial charge in [0.25, 0.3) is 0 Å². The number of phenols is 2. The number of carbonyl (C=O) groups excluding carboxylic acids is 2. The fourth-order valence-electron chi connectivity index (χ4n) is 2.96. The number of rotatable bonds is 6. The summed E-state index contributed by atoms with van der Waals surface area (Å²) in [5, 5.41) is 20.6. The van der Waals surface area contributed by atoms with Crippen molar-refractivity contribution in [3.63, 3.8) is 0 Å². The Hall–Kier alpha value is -3.60. The molecular formula is C23H20O5. The molecule has 5 nitrogen and oxygen atoms in total. The highest BCUT2D eigenvalue weighted by Crippen LogP contribution is 2.30. The number of para-hydroxylation sites is 1. The van der Waals surface area contributed by atoms with Crippen LogP contribution in [0.5, 0.6) is 11.5 Å². The Kier molecular flexibility index (Phi) is 5.75. The van der Waals surface area contributed by atoms with E-state index in [-0.39, 0.29) is 34.8 Å². The van der Waals surface area contributed by atoms with Gasteiger partial charge in [0, 0.05) is 12.0 Å². The van der Waals surface area contributed by atoms with Gasteiger partial charge in [0.15, 0.2) is 5.78 Å². The van der Waals surface area contributed by atoms with Gasteiger partial charge in [0.2, 0.25) is 0 Å². The van der Waals surface area contributed by atoms with Crippen LogP contribution < -0.4 is 0 Å². The molecule has 0 saturated heterocycles. The van der Waals surface area contributed by atoms with E-state index < -0.39 is 11.8 Å². The van der Waals surface area contributed by atoms with Gasteiger partial charge in [0.1, 0.15) is 17.1 Å². The van der Waals surface area contributed by atoms with Gasteiger partial charge in [-0.25, -0.2) is 4.79 Å². The van der Waals surface area contributed by atoms with Gasteiger partial charge in [-0.2, -0.15) is 0 Å². The molecule has 3 aromatic rings. The van der Waals surface area contributed by atoms with Gasteiger partial charge in [-0.1, -0.05) is 42.5 Å². The Morgan fingerprint density at radius 3 is 2.25 bits per heavy atom. The fraction of sp³-hybridized carbons (Fsp3) is 0.130. The third-order valence-electron chi connectivity index (χ3n) is 4.33. The lowest BCUT2D eigenvalue weighted by Crippen LogP contribution is -2.10. The van der Waals surface area contributed by atoms with Crippen LogP contribution in [0, 0.1) is 0 Å². The molecule has 0 heterocycles. The first kappa shape index (κ1) is 19.2. The molecule has 3 rings (SSSR count). The number of ketones is 1. The molecule has 0 fully saturated rings. The van der Waals surface area contributed by atoms with Crippen LogP contribution in [-0.4, -0.2) is 28.6 Å². The van der Waals surface area contributed by atoms with E-state index in [4.69, 9.17) is 4.74 Å². The van der Waals surface area contributed by atoms with Crippen molar-refractivity contribution in [3.05, 3.63) is 94.5 Å². The number of aromatic hydroxyl groups is 2. The molecule has 0 atom stereocenters. The molecule has 0 aliphatic heterocycles. The molecule has 5 heteroatoms. The molecule has 0 aliphatic rings. The third kappa shape index (κ3) is 4.04. The molecule has 28 heavy (non-hydrogen) atoms. The third-order valence-corrected chi connectivity index (χ3v) is 4.33. The van der Waals surface area contributed by atoms with Crippen LogP contribution in [-0.2, 0) is 11.2 Å². The number of benzene rings is 3. The first-order chi connectivity index (χ1) is 13.5. The molecule has 0 radical (unpaired) electrons. The number of carbonyl (C=O) groups is 2. The van der Waals surface area contributed by atoms with E-state index in [1.54, 1.807) is 25.1 Å². The van der Waals surface area contributed by atoms with Crippen LogP contribution >= 0.6 is 0 Å². The minimum Gasteiger partial charge on any atom is -0.507 e. The minimum atomic E-state index is -0.707.